The molecule has 4 aromatic rings. The minimum absolute atomic E-state index is 0.145. The van der Waals surface area contributed by atoms with Gasteiger partial charge < -0.3 is 5.11 Å². The number of aromatic amines is 1. The maximum atomic E-state index is 12.4. The van der Waals surface area contributed by atoms with Crippen LogP contribution in [0.5, 0.6) is 5.75 Å². The first kappa shape index (κ1) is 17.5. The van der Waals surface area contributed by atoms with Gasteiger partial charge in [0.05, 0.1) is 11.4 Å². The molecule has 0 fully saturated rings. The van der Waals surface area contributed by atoms with Crippen LogP contribution in [0, 0.1) is 0 Å². The molecule has 0 spiro atoms. The number of nitrogens with zero attached hydrogens (tertiary/aromatic N) is 2. The number of nitrogens with one attached hydrogen (secondary N) is 2. The second-order valence-corrected chi connectivity index (χ2v) is 6.42. The minimum Gasteiger partial charge on any atom is -0.508 e. The number of aromatic nitrogens is 2. The molecule has 0 unspecified atom stereocenters. The van der Waals surface area contributed by atoms with Crippen molar-refractivity contribution in [2.24, 2.45) is 5.10 Å². The normalized spacial score (nSPS) is 11.5. The van der Waals surface area contributed by atoms with Gasteiger partial charge in [-0.3, -0.25) is 9.89 Å². The van der Waals surface area contributed by atoms with Gasteiger partial charge in [0, 0.05) is 11.1 Å². The molecule has 0 radical (unpaired) electrons. The van der Waals surface area contributed by atoms with Crippen molar-refractivity contribution in [1.29, 1.82) is 0 Å². The van der Waals surface area contributed by atoms with Crippen LogP contribution >= 0.6 is 0 Å². The Morgan fingerprint density at radius 2 is 1.82 bits per heavy atom. The molecule has 3 aromatic carbocycles. The van der Waals surface area contributed by atoms with E-state index in [0.717, 1.165) is 21.9 Å². The van der Waals surface area contributed by atoms with Crippen LogP contribution in [0.3, 0.4) is 0 Å². The number of carbonyl (C=O) groups excluding carboxylic acids is 1. The van der Waals surface area contributed by atoms with Crippen LogP contribution in [-0.4, -0.2) is 26.9 Å². The van der Waals surface area contributed by atoms with E-state index in [1.807, 2.05) is 36.4 Å². The summed E-state index contributed by atoms with van der Waals surface area (Å²) in [5, 5.41) is 22.9. The van der Waals surface area contributed by atoms with Gasteiger partial charge in [0.15, 0.2) is 0 Å². The van der Waals surface area contributed by atoms with Gasteiger partial charge in [-0.25, -0.2) is 5.43 Å². The van der Waals surface area contributed by atoms with Crippen molar-refractivity contribution in [2.75, 3.05) is 0 Å². The molecular weight excluding hydrogens is 352 g/mol. The van der Waals surface area contributed by atoms with Crippen molar-refractivity contribution < 1.29 is 9.90 Å². The van der Waals surface area contributed by atoms with Gasteiger partial charge in [0.2, 0.25) is 0 Å². The summed E-state index contributed by atoms with van der Waals surface area (Å²) in [6.45, 7) is 1.75. The third-order valence-corrected chi connectivity index (χ3v) is 4.46. The molecule has 4 rings (SSSR count). The van der Waals surface area contributed by atoms with E-state index in [-0.39, 0.29) is 11.7 Å². The number of amides is 1. The molecule has 1 amide bonds. The number of hydrogen-bond donors (Lipinski definition) is 3. The Kier molecular flexibility index (Phi) is 4.60. The summed E-state index contributed by atoms with van der Waals surface area (Å²) in [4.78, 5) is 12.4. The van der Waals surface area contributed by atoms with Crippen LogP contribution in [-0.2, 0) is 0 Å². The lowest BCUT2D eigenvalue weighted by Crippen LogP contribution is -2.19. The highest BCUT2D eigenvalue weighted by molar-refractivity contribution is 6.01. The summed E-state index contributed by atoms with van der Waals surface area (Å²) in [7, 11) is 0. The largest absolute Gasteiger partial charge is 0.508 e. The van der Waals surface area contributed by atoms with Crippen molar-refractivity contribution in [1.82, 2.24) is 15.6 Å². The zero-order valence-corrected chi connectivity index (χ0v) is 15.2. The summed E-state index contributed by atoms with van der Waals surface area (Å²) in [6, 6.07) is 22.5. The SMILES string of the molecule is C/C(=N\NC(=O)c1cc(-c2ccc3ccccc3c2)n[nH]1)c1cccc(O)c1. The molecule has 6 nitrogen and oxygen atoms in total. The molecule has 0 saturated heterocycles. The molecule has 0 aliphatic rings. The number of carbonyl (C=O) groups is 1. The summed E-state index contributed by atoms with van der Waals surface area (Å²) < 4.78 is 0. The van der Waals surface area contributed by atoms with Gasteiger partial charge in [-0.15, -0.1) is 0 Å². The summed E-state index contributed by atoms with van der Waals surface area (Å²) in [5.41, 5.74) is 5.74. The molecule has 0 bridgehead atoms. The van der Waals surface area contributed by atoms with Crippen LogP contribution in [0.15, 0.2) is 77.9 Å². The van der Waals surface area contributed by atoms with Crippen LogP contribution in [0.25, 0.3) is 22.0 Å². The van der Waals surface area contributed by atoms with Crippen molar-refractivity contribution in [3.63, 3.8) is 0 Å². The second-order valence-electron chi connectivity index (χ2n) is 6.42. The van der Waals surface area contributed by atoms with E-state index in [9.17, 15) is 9.90 Å². The smallest absolute Gasteiger partial charge is 0.289 e. The van der Waals surface area contributed by atoms with Crippen molar-refractivity contribution >= 4 is 22.4 Å². The number of aromatic hydroxyl groups is 1. The van der Waals surface area contributed by atoms with Gasteiger partial charge in [-0.05, 0) is 42.0 Å². The molecular formula is C22H18N4O2. The zero-order chi connectivity index (χ0) is 19.5. The average Bonchev–Trinajstić information content (AvgIpc) is 3.22. The molecule has 1 heterocycles. The number of H-pyrrole nitrogens is 1. The highest BCUT2D eigenvalue weighted by Crippen LogP contribution is 2.23. The van der Waals surface area contributed by atoms with Crippen LogP contribution in [0.4, 0.5) is 0 Å². The van der Waals surface area contributed by atoms with E-state index in [2.05, 4.69) is 26.8 Å². The van der Waals surface area contributed by atoms with Gasteiger partial charge in [0.25, 0.3) is 5.91 Å². The van der Waals surface area contributed by atoms with Crippen LogP contribution in [0.2, 0.25) is 0 Å². The monoisotopic (exact) mass is 370 g/mol. The Balaban J connectivity index is 1.51. The number of phenols is 1. The first-order valence-electron chi connectivity index (χ1n) is 8.79. The molecule has 0 atom stereocenters. The summed E-state index contributed by atoms with van der Waals surface area (Å²) in [6.07, 6.45) is 0. The lowest BCUT2D eigenvalue weighted by atomic mass is 10.1. The van der Waals surface area contributed by atoms with Crippen molar-refractivity contribution in [3.8, 4) is 17.0 Å². The Morgan fingerprint density at radius 3 is 2.64 bits per heavy atom. The second kappa shape index (κ2) is 7.36. The average molecular weight is 370 g/mol. The Morgan fingerprint density at radius 1 is 1.00 bits per heavy atom. The highest BCUT2D eigenvalue weighted by Gasteiger charge is 2.11. The molecule has 0 saturated carbocycles. The Hall–Kier alpha value is -3.93. The van der Waals surface area contributed by atoms with E-state index in [1.54, 1.807) is 37.3 Å². The fourth-order valence-corrected chi connectivity index (χ4v) is 2.92. The quantitative estimate of drug-likeness (QED) is 0.373. The van der Waals surface area contributed by atoms with E-state index in [0.29, 0.717) is 17.1 Å². The number of hydrogen-bond acceptors (Lipinski definition) is 4. The van der Waals surface area contributed by atoms with E-state index >= 15 is 0 Å². The molecule has 0 aliphatic heterocycles. The first-order chi connectivity index (χ1) is 13.6. The standard InChI is InChI=1S/C22H18N4O2/c1-14(16-7-4-8-19(27)12-16)23-26-22(28)21-13-20(24-25-21)18-10-9-15-5-2-3-6-17(15)11-18/h2-13,27H,1H3,(H,24,25)(H,26,28)/b23-14+. The predicted octanol–water partition coefficient (Wildman–Crippen LogP) is 4.09. The topological polar surface area (TPSA) is 90.4 Å². The van der Waals surface area contributed by atoms with Crippen molar-refractivity contribution in [2.45, 2.75) is 6.92 Å². The Labute approximate surface area is 161 Å². The maximum absolute atomic E-state index is 12.4. The van der Waals surface area contributed by atoms with Crippen LogP contribution in [0.1, 0.15) is 23.0 Å². The zero-order valence-electron chi connectivity index (χ0n) is 15.2. The molecule has 6 heteroatoms. The maximum Gasteiger partial charge on any atom is 0.289 e. The number of rotatable bonds is 4. The molecule has 3 N–H and O–H groups in total. The number of hydrazone groups is 1. The van der Waals surface area contributed by atoms with E-state index in [1.165, 1.54) is 0 Å². The van der Waals surface area contributed by atoms with Gasteiger partial charge >= 0.3 is 0 Å². The minimum atomic E-state index is -0.390. The summed E-state index contributed by atoms with van der Waals surface area (Å²) >= 11 is 0. The van der Waals surface area contributed by atoms with Gasteiger partial charge in [-0.2, -0.15) is 10.2 Å². The van der Waals surface area contributed by atoms with E-state index < -0.39 is 0 Å². The molecule has 28 heavy (non-hydrogen) atoms. The van der Waals surface area contributed by atoms with Gasteiger partial charge in [-0.1, -0.05) is 48.5 Å². The number of phenolic OH excluding ortho intramolecular Hbond substituents is 1. The Bertz CT molecular complexity index is 1190. The third-order valence-electron chi connectivity index (χ3n) is 4.46. The fourth-order valence-electron chi connectivity index (χ4n) is 2.92. The third kappa shape index (κ3) is 3.61. The molecule has 0 aliphatic carbocycles. The number of benzene rings is 3. The van der Waals surface area contributed by atoms with Crippen molar-refractivity contribution in [3.05, 3.63) is 84.1 Å². The van der Waals surface area contributed by atoms with Crippen LogP contribution < -0.4 is 5.43 Å². The first-order valence-corrected chi connectivity index (χ1v) is 8.79. The molecule has 1 aromatic heterocycles. The van der Waals surface area contributed by atoms with E-state index in [4.69, 9.17) is 0 Å². The predicted molar refractivity (Wildman–Crippen MR) is 109 cm³/mol. The lowest BCUT2D eigenvalue weighted by Gasteiger charge is -2.02. The molecule has 138 valence electrons. The fraction of sp³-hybridized carbons (Fsp3) is 0.0455. The highest BCUT2D eigenvalue weighted by atomic mass is 16.3. The number of fused-ring (bicyclic) bond motifs is 1. The van der Waals surface area contributed by atoms with Gasteiger partial charge in [0.1, 0.15) is 11.4 Å². The lowest BCUT2D eigenvalue weighted by molar-refractivity contribution is 0.0950. The summed E-state index contributed by atoms with van der Waals surface area (Å²) in [5.74, 6) is -0.244.